The molecule has 0 saturated heterocycles. The Hall–Kier alpha value is -3.00. The number of hydrogen-bond acceptors (Lipinski definition) is 6. The van der Waals surface area contributed by atoms with Crippen LogP contribution >= 0.6 is 0 Å². The number of amidine groups is 1. The third-order valence-electron chi connectivity index (χ3n) is 5.98. The number of fused-ring (bicyclic) bond motifs is 1. The fourth-order valence-corrected chi connectivity index (χ4v) is 5.43. The number of nitrogens with zero attached hydrogens (tertiary/aromatic N) is 1. The van der Waals surface area contributed by atoms with E-state index in [0.717, 1.165) is 0 Å². The maximum Gasteiger partial charge on any atom is 0.331 e. The summed E-state index contributed by atoms with van der Waals surface area (Å²) in [4.78, 5) is 29.1. The van der Waals surface area contributed by atoms with Crippen LogP contribution in [0.1, 0.15) is 66.4 Å². The van der Waals surface area contributed by atoms with E-state index in [2.05, 4.69) is 9.71 Å². The van der Waals surface area contributed by atoms with Crippen LogP contribution in [0.4, 0.5) is 0 Å². The van der Waals surface area contributed by atoms with Crippen molar-refractivity contribution in [2.45, 2.75) is 55.9 Å². The first-order chi connectivity index (χ1) is 15.3. The summed E-state index contributed by atoms with van der Waals surface area (Å²) in [6.45, 7) is 1.10. The molecule has 2 aromatic rings. The average molecular weight is 455 g/mol. The van der Waals surface area contributed by atoms with Gasteiger partial charge in [0.05, 0.1) is 4.90 Å². The van der Waals surface area contributed by atoms with Crippen molar-refractivity contribution in [1.29, 1.82) is 0 Å². The molecular formula is C24H26N2O5S. The van der Waals surface area contributed by atoms with Crippen LogP contribution in [0.25, 0.3) is 0 Å². The zero-order chi connectivity index (χ0) is 22.7. The van der Waals surface area contributed by atoms with Gasteiger partial charge in [-0.05, 0) is 43.4 Å². The molecule has 168 valence electrons. The van der Waals surface area contributed by atoms with Gasteiger partial charge in [-0.15, -0.1) is 0 Å². The zero-order valence-corrected chi connectivity index (χ0v) is 18.7. The van der Waals surface area contributed by atoms with E-state index in [4.69, 9.17) is 4.74 Å². The number of sulfonamides is 1. The third-order valence-corrected chi connectivity index (χ3v) is 7.38. The van der Waals surface area contributed by atoms with Gasteiger partial charge < -0.3 is 4.74 Å². The molecule has 8 heteroatoms. The number of carbonyl (C=O) groups excluding carboxylic acids is 2. The van der Waals surface area contributed by atoms with Crippen molar-refractivity contribution in [3.63, 3.8) is 0 Å². The number of nitrogens with one attached hydrogen (secondary N) is 1. The molecule has 32 heavy (non-hydrogen) atoms. The quantitative estimate of drug-likeness (QED) is 0.531. The average Bonchev–Trinajstić information content (AvgIpc) is 3.07. The van der Waals surface area contributed by atoms with Gasteiger partial charge >= 0.3 is 5.97 Å². The molecule has 1 saturated carbocycles. The van der Waals surface area contributed by atoms with E-state index < -0.39 is 22.0 Å². The van der Waals surface area contributed by atoms with Crippen LogP contribution in [-0.2, 0) is 19.6 Å². The predicted octanol–water partition coefficient (Wildman–Crippen LogP) is 3.59. The van der Waals surface area contributed by atoms with Crippen LogP contribution in [0.3, 0.4) is 0 Å². The minimum absolute atomic E-state index is 0.0923. The van der Waals surface area contributed by atoms with Crippen molar-refractivity contribution in [2.75, 3.05) is 6.61 Å². The maximum atomic E-state index is 12.4. The molecule has 1 aliphatic heterocycles. The van der Waals surface area contributed by atoms with Crippen molar-refractivity contribution in [2.24, 2.45) is 4.99 Å². The Morgan fingerprint density at radius 3 is 2.47 bits per heavy atom. The van der Waals surface area contributed by atoms with Crippen LogP contribution in [0.5, 0.6) is 0 Å². The first kappa shape index (κ1) is 22.2. The van der Waals surface area contributed by atoms with Crippen LogP contribution in [0.15, 0.2) is 58.4 Å². The maximum absolute atomic E-state index is 12.4. The first-order valence-electron chi connectivity index (χ1n) is 10.8. The largest absolute Gasteiger partial charge is 0.456 e. The molecule has 1 N–H and O–H groups in total. The highest BCUT2D eigenvalue weighted by molar-refractivity contribution is 7.90. The molecule has 0 amide bonds. The van der Waals surface area contributed by atoms with Gasteiger partial charge in [-0.2, -0.15) is 0 Å². The van der Waals surface area contributed by atoms with Gasteiger partial charge in [0.2, 0.25) is 0 Å². The van der Waals surface area contributed by atoms with E-state index >= 15 is 0 Å². The van der Waals surface area contributed by atoms with Crippen molar-refractivity contribution in [1.82, 2.24) is 4.72 Å². The molecule has 0 unspecified atom stereocenters. The summed E-state index contributed by atoms with van der Waals surface area (Å²) in [5.74, 6) is -0.341. The van der Waals surface area contributed by atoms with Gasteiger partial charge in [0.1, 0.15) is 11.9 Å². The molecule has 1 aliphatic carbocycles. The number of carbonyl (C=O) groups is 2. The lowest BCUT2D eigenvalue weighted by molar-refractivity contribution is -0.143. The Labute approximate surface area is 187 Å². The van der Waals surface area contributed by atoms with E-state index in [0.29, 0.717) is 17.0 Å². The Bertz CT molecular complexity index is 1150. The van der Waals surface area contributed by atoms with Gasteiger partial charge in [0, 0.05) is 11.1 Å². The topological polar surface area (TPSA) is 102 Å². The number of hydrogen-bond donors (Lipinski definition) is 1. The summed E-state index contributed by atoms with van der Waals surface area (Å²) >= 11 is 0. The third kappa shape index (κ3) is 4.75. The van der Waals surface area contributed by atoms with Crippen molar-refractivity contribution >= 4 is 27.6 Å². The fourth-order valence-electron chi connectivity index (χ4n) is 4.19. The number of aliphatic imine (C=N–C) groups is 1. The van der Waals surface area contributed by atoms with E-state index in [-0.39, 0.29) is 23.1 Å². The number of esters is 1. The van der Waals surface area contributed by atoms with Crippen molar-refractivity contribution < 1.29 is 22.7 Å². The summed E-state index contributed by atoms with van der Waals surface area (Å²) in [5, 5.41) is 0. The number of Topliss-reactive ketones (excluding diaryl/α,β-unsaturated/α-hetero) is 1. The Morgan fingerprint density at radius 2 is 1.75 bits per heavy atom. The van der Waals surface area contributed by atoms with Gasteiger partial charge in [0.25, 0.3) is 10.0 Å². The molecular weight excluding hydrogens is 428 g/mol. The molecule has 0 aromatic heterocycles. The minimum atomic E-state index is -3.69. The zero-order valence-electron chi connectivity index (χ0n) is 17.9. The highest BCUT2D eigenvalue weighted by atomic mass is 32.2. The lowest BCUT2D eigenvalue weighted by Crippen LogP contribution is -2.27. The van der Waals surface area contributed by atoms with Gasteiger partial charge in [-0.3, -0.25) is 14.5 Å². The van der Waals surface area contributed by atoms with Gasteiger partial charge in [-0.1, -0.05) is 55.7 Å². The molecule has 2 aromatic carbocycles. The molecule has 1 atom stereocenters. The number of rotatable bonds is 6. The SMILES string of the molecule is C[C@H](N=C1NS(=O)(=O)c2ccccc21)C(=O)OCC(=O)c1ccc(C2CCCCC2)cc1. The minimum Gasteiger partial charge on any atom is -0.456 e. The standard InChI is InChI=1S/C24H26N2O5S/c1-16(25-23-20-9-5-6-10-22(20)32(29,30)26-23)24(28)31-15-21(27)19-13-11-18(12-14-19)17-7-3-2-4-8-17/h5-6,9-14,16-17H,2-4,7-8,15H2,1H3,(H,25,26)/t16-/m0/s1. The number of benzene rings is 2. The van der Waals surface area contributed by atoms with Crippen LogP contribution in [0, 0.1) is 0 Å². The molecule has 4 rings (SSSR count). The first-order valence-corrected chi connectivity index (χ1v) is 12.3. The lowest BCUT2D eigenvalue weighted by Gasteiger charge is -2.22. The second-order valence-corrected chi connectivity index (χ2v) is 9.89. The summed E-state index contributed by atoms with van der Waals surface area (Å²) in [5.41, 5.74) is 2.15. The van der Waals surface area contributed by atoms with E-state index in [1.165, 1.54) is 50.7 Å². The molecule has 7 nitrogen and oxygen atoms in total. The molecule has 0 spiro atoms. The highest BCUT2D eigenvalue weighted by Gasteiger charge is 2.31. The van der Waals surface area contributed by atoms with Crippen molar-refractivity contribution in [3.8, 4) is 0 Å². The Kier molecular flexibility index (Phi) is 6.41. The molecule has 0 radical (unpaired) electrons. The molecule has 0 bridgehead atoms. The fraction of sp³-hybridized carbons (Fsp3) is 0.375. The van der Waals surface area contributed by atoms with E-state index in [1.54, 1.807) is 30.3 Å². The monoisotopic (exact) mass is 454 g/mol. The smallest absolute Gasteiger partial charge is 0.331 e. The predicted molar refractivity (Wildman–Crippen MR) is 120 cm³/mol. The molecule has 2 aliphatic rings. The normalized spacial score (nSPS) is 19.7. The second-order valence-electron chi connectivity index (χ2n) is 8.24. The summed E-state index contributed by atoms with van der Waals surface area (Å²) in [6.07, 6.45) is 6.16. The van der Waals surface area contributed by atoms with Crippen LogP contribution in [-0.4, -0.2) is 38.7 Å². The molecule has 1 heterocycles. The van der Waals surface area contributed by atoms with Crippen LogP contribution < -0.4 is 4.72 Å². The van der Waals surface area contributed by atoms with Crippen molar-refractivity contribution in [3.05, 3.63) is 65.2 Å². The van der Waals surface area contributed by atoms with Gasteiger partial charge in [0.15, 0.2) is 12.4 Å². The number of ketones is 1. The summed E-state index contributed by atoms with van der Waals surface area (Å²) in [6, 6.07) is 13.0. The lowest BCUT2D eigenvalue weighted by atomic mass is 9.84. The summed E-state index contributed by atoms with van der Waals surface area (Å²) < 4.78 is 31.8. The number of ether oxygens (including phenoxy) is 1. The second kappa shape index (κ2) is 9.24. The van der Waals surface area contributed by atoms with E-state index in [1.807, 2.05) is 12.1 Å². The van der Waals surface area contributed by atoms with E-state index in [9.17, 15) is 18.0 Å². The summed E-state index contributed by atoms with van der Waals surface area (Å²) in [7, 11) is -3.69. The molecule has 1 fully saturated rings. The van der Waals surface area contributed by atoms with Gasteiger partial charge in [-0.25, -0.2) is 13.2 Å². The Morgan fingerprint density at radius 1 is 1.06 bits per heavy atom. The Balaban J connectivity index is 1.35. The highest BCUT2D eigenvalue weighted by Crippen LogP contribution is 2.32. The van der Waals surface area contributed by atoms with Crippen LogP contribution in [0.2, 0.25) is 0 Å².